The average molecular weight is 470 g/mol. The molecule has 4 rings (SSSR count). The van der Waals surface area contributed by atoms with Crippen molar-refractivity contribution >= 4 is 27.3 Å². The number of carbonyl (C=O) groups is 1. The lowest BCUT2D eigenvalue weighted by atomic mass is 9.97. The van der Waals surface area contributed by atoms with Gasteiger partial charge in [-0.1, -0.05) is 24.3 Å². The summed E-state index contributed by atoms with van der Waals surface area (Å²) in [6.45, 7) is 0. The molecule has 0 fully saturated rings. The number of hydrogen-bond donors (Lipinski definition) is 1. The van der Waals surface area contributed by atoms with Gasteiger partial charge in [0.2, 0.25) is 10.0 Å². The zero-order valence-electron chi connectivity index (χ0n) is 18.3. The molecule has 0 unspecified atom stereocenters. The molecule has 1 aliphatic heterocycles. The number of nitrogens with one attached hydrogen (secondary N) is 1. The molecular weight excluding hydrogens is 446 g/mol. The zero-order chi connectivity index (χ0) is 23.6. The number of methoxy groups -OCH3 is 2. The van der Waals surface area contributed by atoms with E-state index in [0.717, 1.165) is 11.8 Å². The maximum Gasteiger partial charge on any atom is 0.310 e. The summed E-state index contributed by atoms with van der Waals surface area (Å²) >= 11 is 0. The van der Waals surface area contributed by atoms with E-state index < -0.39 is 22.0 Å². The van der Waals surface area contributed by atoms with Crippen LogP contribution in [0.2, 0.25) is 0 Å². The number of ether oxygens (including phenoxy) is 2. The molecule has 0 radical (unpaired) electrons. The molecule has 1 atom stereocenters. The number of para-hydroxylation sites is 1. The van der Waals surface area contributed by atoms with Crippen LogP contribution in [0.3, 0.4) is 0 Å². The van der Waals surface area contributed by atoms with Crippen LogP contribution < -0.4 is 14.2 Å². The highest BCUT2D eigenvalue weighted by Gasteiger charge is 2.37. The van der Waals surface area contributed by atoms with Crippen LogP contribution in [-0.2, 0) is 10.0 Å². The van der Waals surface area contributed by atoms with E-state index in [1.807, 2.05) is 18.2 Å². The summed E-state index contributed by atoms with van der Waals surface area (Å²) in [6, 6.07) is 15.0. The first kappa shape index (κ1) is 22.4. The van der Waals surface area contributed by atoms with E-state index >= 15 is 0 Å². The first-order valence-corrected chi connectivity index (χ1v) is 11.9. The molecular formula is C23H23N3O6S. The summed E-state index contributed by atoms with van der Waals surface area (Å²) in [5.74, 6) is 0.786. The SMILES string of the molecule is COc1cccc([C@H]2CC(c3cccc(NS(C)(=O)=O)c3)=NN2C(=O)c2ccco2)c1OC. The van der Waals surface area contributed by atoms with Gasteiger partial charge >= 0.3 is 5.91 Å². The topological polar surface area (TPSA) is 110 Å². The van der Waals surface area contributed by atoms with Crippen molar-refractivity contribution in [1.29, 1.82) is 0 Å². The second-order valence-electron chi connectivity index (χ2n) is 7.43. The molecule has 10 heteroatoms. The first-order valence-electron chi connectivity index (χ1n) is 10.0. The minimum absolute atomic E-state index is 0.152. The third-order valence-corrected chi connectivity index (χ3v) is 5.75. The van der Waals surface area contributed by atoms with Crippen LogP contribution in [0, 0.1) is 0 Å². The van der Waals surface area contributed by atoms with Crippen LogP contribution in [0.5, 0.6) is 11.5 Å². The standard InChI is InChI=1S/C23H23N3O6S/c1-30-20-10-5-9-17(22(20)31-2)19-14-18(24-26(19)23(27)21-11-6-12-32-21)15-7-4-8-16(13-15)25-33(3,28)29/h4-13,19,25H,14H2,1-3H3/t19-/m1/s1. The highest BCUT2D eigenvalue weighted by molar-refractivity contribution is 7.92. The monoisotopic (exact) mass is 469 g/mol. The summed E-state index contributed by atoms with van der Waals surface area (Å²) in [5.41, 5.74) is 2.43. The summed E-state index contributed by atoms with van der Waals surface area (Å²) in [7, 11) is -0.354. The predicted octanol–water partition coefficient (Wildman–Crippen LogP) is 3.66. The van der Waals surface area contributed by atoms with Gasteiger partial charge in [-0.15, -0.1) is 0 Å². The molecule has 1 amide bonds. The third-order valence-electron chi connectivity index (χ3n) is 5.14. The molecule has 2 heterocycles. The van der Waals surface area contributed by atoms with Crippen LogP contribution in [0.25, 0.3) is 0 Å². The summed E-state index contributed by atoms with van der Waals surface area (Å²) < 4.78 is 42.1. The van der Waals surface area contributed by atoms with Crippen molar-refractivity contribution < 1.29 is 27.1 Å². The number of amides is 1. The molecule has 0 aliphatic carbocycles. The molecule has 3 aromatic rings. The molecule has 9 nitrogen and oxygen atoms in total. The number of anilines is 1. The van der Waals surface area contributed by atoms with E-state index in [4.69, 9.17) is 13.9 Å². The highest BCUT2D eigenvalue weighted by Crippen LogP contribution is 2.42. The first-order chi connectivity index (χ1) is 15.8. The number of hydrazone groups is 1. The van der Waals surface area contributed by atoms with Crippen molar-refractivity contribution in [3.8, 4) is 11.5 Å². The van der Waals surface area contributed by atoms with E-state index in [0.29, 0.717) is 34.9 Å². The number of benzene rings is 2. The van der Waals surface area contributed by atoms with Crippen molar-refractivity contribution in [1.82, 2.24) is 5.01 Å². The second-order valence-corrected chi connectivity index (χ2v) is 9.18. The summed E-state index contributed by atoms with van der Waals surface area (Å²) in [6.07, 6.45) is 2.88. The quantitative estimate of drug-likeness (QED) is 0.565. The van der Waals surface area contributed by atoms with Gasteiger partial charge in [-0.05, 0) is 35.9 Å². The Hall–Kier alpha value is -3.79. The molecule has 2 aromatic carbocycles. The van der Waals surface area contributed by atoms with Gasteiger partial charge in [0.05, 0.1) is 38.5 Å². The molecule has 0 spiro atoms. The Morgan fingerprint density at radius 1 is 1.12 bits per heavy atom. The van der Waals surface area contributed by atoms with Crippen molar-refractivity contribution in [3.63, 3.8) is 0 Å². The smallest absolute Gasteiger partial charge is 0.310 e. The maximum atomic E-state index is 13.2. The molecule has 0 saturated heterocycles. The van der Waals surface area contributed by atoms with Crippen LogP contribution in [0.4, 0.5) is 5.69 Å². The minimum atomic E-state index is -3.44. The Balaban J connectivity index is 1.77. The molecule has 0 saturated carbocycles. The Morgan fingerprint density at radius 2 is 1.91 bits per heavy atom. The van der Waals surface area contributed by atoms with E-state index in [2.05, 4.69) is 9.82 Å². The molecule has 1 aromatic heterocycles. The van der Waals surface area contributed by atoms with Gasteiger partial charge in [0.25, 0.3) is 0 Å². The number of sulfonamides is 1. The third kappa shape index (κ3) is 4.70. The Kier molecular flexibility index (Phi) is 6.10. The van der Waals surface area contributed by atoms with Gasteiger partial charge in [-0.3, -0.25) is 9.52 Å². The lowest BCUT2D eigenvalue weighted by Crippen LogP contribution is -2.27. The van der Waals surface area contributed by atoms with Gasteiger partial charge in [0.1, 0.15) is 0 Å². The Bertz CT molecular complexity index is 1300. The van der Waals surface area contributed by atoms with Crippen LogP contribution in [-0.4, -0.2) is 45.5 Å². The molecule has 172 valence electrons. The fraction of sp³-hybridized carbons (Fsp3) is 0.217. The Labute approximate surface area is 191 Å². The largest absolute Gasteiger partial charge is 0.493 e. The molecule has 1 aliphatic rings. The van der Waals surface area contributed by atoms with E-state index in [-0.39, 0.29) is 5.76 Å². The second kappa shape index (κ2) is 8.99. The van der Waals surface area contributed by atoms with Gasteiger partial charge < -0.3 is 13.9 Å². The lowest BCUT2D eigenvalue weighted by Gasteiger charge is -2.23. The van der Waals surface area contributed by atoms with Crippen molar-refractivity contribution in [2.24, 2.45) is 5.10 Å². The number of carbonyl (C=O) groups excluding carboxylic acids is 1. The van der Waals surface area contributed by atoms with Crippen LogP contribution >= 0.6 is 0 Å². The van der Waals surface area contributed by atoms with Gasteiger partial charge in [-0.25, -0.2) is 13.4 Å². The molecule has 1 N–H and O–H groups in total. The van der Waals surface area contributed by atoms with Crippen LogP contribution in [0.1, 0.15) is 34.1 Å². The maximum absolute atomic E-state index is 13.2. The molecule has 33 heavy (non-hydrogen) atoms. The number of nitrogens with zero attached hydrogens (tertiary/aromatic N) is 2. The van der Waals surface area contributed by atoms with Crippen molar-refractivity contribution in [3.05, 3.63) is 77.7 Å². The molecule has 0 bridgehead atoms. The fourth-order valence-electron chi connectivity index (χ4n) is 3.78. The number of rotatable bonds is 7. The lowest BCUT2D eigenvalue weighted by molar-refractivity contribution is 0.0676. The number of hydrogen-bond acceptors (Lipinski definition) is 7. The van der Waals surface area contributed by atoms with Gasteiger partial charge in [0.15, 0.2) is 17.3 Å². The minimum Gasteiger partial charge on any atom is -0.493 e. The predicted molar refractivity (Wildman–Crippen MR) is 123 cm³/mol. The number of furan rings is 1. The zero-order valence-corrected chi connectivity index (χ0v) is 19.1. The van der Waals surface area contributed by atoms with E-state index in [9.17, 15) is 13.2 Å². The highest BCUT2D eigenvalue weighted by atomic mass is 32.2. The van der Waals surface area contributed by atoms with E-state index in [1.54, 1.807) is 43.5 Å². The average Bonchev–Trinajstić information content (AvgIpc) is 3.47. The van der Waals surface area contributed by atoms with E-state index in [1.165, 1.54) is 18.4 Å². The van der Waals surface area contributed by atoms with Gasteiger partial charge in [-0.2, -0.15) is 5.10 Å². The fourth-order valence-corrected chi connectivity index (χ4v) is 4.33. The summed E-state index contributed by atoms with van der Waals surface area (Å²) in [5, 5.41) is 5.97. The van der Waals surface area contributed by atoms with Gasteiger partial charge in [0, 0.05) is 17.7 Å². The van der Waals surface area contributed by atoms with Crippen molar-refractivity contribution in [2.45, 2.75) is 12.5 Å². The summed E-state index contributed by atoms with van der Waals surface area (Å²) in [4.78, 5) is 13.2. The Morgan fingerprint density at radius 3 is 2.58 bits per heavy atom. The van der Waals surface area contributed by atoms with Crippen molar-refractivity contribution in [2.75, 3.05) is 25.2 Å². The van der Waals surface area contributed by atoms with Crippen LogP contribution in [0.15, 0.2) is 70.4 Å². The normalized spacial score (nSPS) is 15.8.